The molecule has 0 saturated carbocycles. The minimum Gasteiger partial charge on any atom is -0.497 e. The van der Waals surface area contributed by atoms with Crippen LogP contribution >= 0.6 is 0 Å². The van der Waals surface area contributed by atoms with Crippen molar-refractivity contribution < 1.29 is 4.74 Å². The van der Waals surface area contributed by atoms with Crippen LogP contribution < -0.4 is 10.1 Å². The molecular formula is C12H14N4O. The molecule has 0 spiro atoms. The van der Waals surface area contributed by atoms with Gasteiger partial charge >= 0.3 is 0 Å². The van der Waals surface area contributed by atoms with E-state index in [0.29, 0.717) is 0 Å². The van der Waals surface area contributed by atoms with Crippen molar-refractivity contribution in [3.8, 4) is 11.4 Å². The molecule has 0 saturated heterocycles. The highest BCUT2D eigenvalue weighted by molar-refractivity contribution is 5.50. The predicted molar refractivity (Wildman–Crippen MR) is 64.7 cm³/mol. The lowest BCUT2D eigenvalue weighted by Crippen LogP contribution is -2.14. The van der Waals surface area contributed by atoms with Gasteiger partial charge in [0.25, 0.3) is 0 Å². The summed E-state index contributed by atoms with van der Waals surface area (Å²) in [5, 5.41) is 11.7. The van der Waals surface area contributed by atoms with E-state index in [1.165, 1.54) is 0 Å². The molecule has 0 amide bonds. The summed E-state index contributed by atoms with van der Waals surface area (Å²) in [5.74, 6) is 1.83. The zero-order chi connectivity index (χ0) is 11.7. The molecule has 2 heterocycles. The Hall–Kier alpha value is -2.04. The summed E-state index contributed by atoms with van der Waals surface area (Å²) in [5.41, 5.74) is 2.01. The van der Waals surface area contributed by atoms with E-state index in [1.54, 1.807) is 7.11 Å². The molecule has 1 aliphatic rings. The van der Waals surface area contributed by atoms with Crippen molar-refractivity contribution in [2.75, 3.05) is 19.0 Å². The molecular weight excluding hydrogens is 216 g/mol. The molecule has 5 heteroatoms. The van der Waals surface area contributed by atoms with Crippen molar-refractivity contribution in [2.45, 2.75) is 12.8 Å². The molecule has 3 rings (SSSR count). The summed E-state index contributed by atoms with van der Waals surface area (Å²) in [6, 6.07) is 7.81. The van der Waals surface area contributed by atoms with Gasteiger partial charge < -0.3 is 10.1 Å². The number of hydrogen-bond acceptors (Lipinski definition) is 4. The Morgan fingerprint density at radius 2 is 2.35 bits per heavy atom. The maximum atomic E-state index is 5.22. The average molecular weight is 230 g/mol. The number of ether oxygens (including phenoxy) is 1. The fourth-order valence-electron chi connectivity index (χ4n) is 2.04. The third kappa shape index (κ3) is 1.73. The van der Waals surface area contributed by atoms with Crippen molar-refractivity contribution >= 4 is 5.82 Å². The number of methoxy groups -OCH3 is 1. The number of aryl methyl sites for hydroxylation is 1. The maximum Gasteiger partial charge on any atom is 0.153 e. The number of fused-ring (bicyclic) bond motifs is 1. The number of aromatic nitrogens is 3. The molecule has 0 atom stereocenters. The third-order valence-corrected chi connectivity index (χ3v) is 2.92. The SMILES string of the molecule is COc1cccc(-n2nnc3c2NCCC3)c1. The highest BCUT2D eigenvalue weighted by Gasteiger charge is 2.17. The molecule has 0 radical (unpaired) electrons. The molecule has 5 nitrogen and oxygen atoms in total. The molecule has 0 aliphatic carbocycles. The highest BCUT2D eigenvalue weighted by atomic mass is 16.5. The van der Waals surface area contributed by atoms with E-state index in [2.05, 4.69) is 15.6 Å². The Morgan fingerprint density at radius 1 is 1.41 bits per heavy atom. The van der Waals surface area contributed by atoms with Gasteiger partial charge in [0.2, 0.25) is 0 Å². The molecule has 0 bridgehead atoms. The largest absolute Gasteiger partial charge is 0.497 e. The Morgan fingerprint density at radius 3 is 3.24 bits per heavy atom. The Bertz CT molecular complexity index is 535. The van der Waals surface area contributed by atoms with Gasteiger partial charge in [-0.2, -0.15) is 4.68 Å². The van der Waals surface area contributed by atoms with Crippen LogP contribution in [0.1, 0.15) is 12.1 Å². The quantitative estimate of drug-likeness (QED) is 0.852. The molecule has 88 valence electrons. The van der Waals surface area contributed by atoms with E-state index in [4.69, 9.17) is 4.74 Å². The van der Waals surface area contributed by atoms with Crippen molar-refractivity contribution in [3.63, 3.8) is 0 Å². The van der Waals surface area contributed by atoms with Gasteiger partial charge in [-0.1, -0.05) is 11.3 Å². The van der Waals surface area contributed by atoms with E-state index >= 15 is 0 Å². The van der Waals surface area contributed by atoms with Gasteiger partial charge in [0.05, 0.1) is 12.8 Å². The number of benzene rings is 1. The fourth-order valence-corrected chi connectivity index (χ4v) is 2.04. The Balaban J connectivity index is 2.05. The number of nitrogens with one attached hydrogen (secondary N) is 1. The van der Waals surface area contributed by atoms with Gasteiger partial charge in [-0.25, -0.2) is 0 Å². The second-order valence-corrected chi connectivity index (χ2v) is 4.03. The van der Waals surface area contributed by atoms with Crippen LogP contribution in [0.5, 0.6) is 5.75 Å². The molecule has 0 unspecified atom stereocenters. The summed E-state index contributed by atoms with van der Waals surface area (Å²) >= 11 is 0. The van der Waals surface area contributed by atoms with Crippen molar-refractivity contribution in [1.82, 2.24) is 15.0 Å². The number of rotatable bonds is 2. The molecule has 1 aliphatic heterocycles. The average Bonchev–Trinajstić information content (AvgIpc) is 2.82. The topological polar surface area (TPSA) is 52.0 Å². The summed E-state index contributed by atoms with van der Waals surface area (Å²) < 4.78 is 7.05. The zero-order valence-electron chi connectivity index (χ0n) is 9.68. The molecule has 0 fully saturated rings. The van der Waals surface area contributed by atoms with Crippen LogP contribution in [0.2, 0.25) is 0 Å². The highest BCUT2D eigenvalue weighted by Crippen LogP contribution is 2.24. The zero-order valence-corrected chi connectivity index (χ0v) is 9.68. The maximum absolute atomic E-state index is 5.22. The Kier molecular flexibility index (Phi) is 2.44. The van der Waals surface area contributed by atoms with Crippen LogP contribution in [-0.2, 0) is 6.42 Å². The van der Waals surface area contributed by atoms with Crippen LogP contribution in [0.25, 0.3) is 5.69 Å². The lowest BCUT2D eigenvalue weighted by molar-refractivity contribution is 0.414. The molecule has 1 N–H and O–H groups in total. The smallest absolute Gasteiger partial charge is 0.153 e. The molecule has 2 aromatic rings. The summed E-state index contributed by atoms with van der Waals surface area (Å²) in [4.78, 5) is 0. The van der Waals surface area contributed by atoms with Crippen LogP contribution in [0.4, 0.5) is 5.82 Å². The number of hydrogen-bond donors (Lipinski definition) is 1. The monoisotopic (exact) mass is 230 g/mol. The van der Waals surface area contributed by atoms with Crippen LogP contribution in [0.15, 0.2) is 24.3 Å². The minimum atomic E-state index is 0.822. The first-order valence-corrected chi connectivity index (χ1v) is 5.71. The van der Waals surface area contributed by atoms with Crippen LogP contribution in [0, 0.1) is 0 Å². The van der Waals surface area contributed by atoms with Gasteiger partial charge in [0, 0.05) is 12.6 Å². The first-order valence-electron chi connectivity index (χ1n) is 5.71. The van der Waals surface area contributed by atoms with Crippen LogP contribution in [-0.4, -0.2) is 28.6 Å². The summed E-state index contributed by atoms with van der Waals surface area (Å²) in [7, 11) is 1.66. The van der Waals surface area contributed by atoms with Crippen molar-refractivity contribution in [1.29, 1.82) is 0 Å². The second kappa shape index (κ2) is 4.08. The first-order chi connectivity index (χ1) is 8.38. The normalized spacial score (nSPS) is 13.9. The van der Waals surface area contributed by atoms with Gasteiger partial charge in [-0.15, -0.1) is 5.10 Å². The lowest BCUT2D eigenvalue weighted by Gasteiger charge is -2.14. The fraction of sp³-hybridized carbons (Fsp3) is 0.333. The standard InChI is InChI=1S/C12H14N4O/c1-17-10-5-2-4-9(8-10)16-12-11(14-15-16)6-3-7-13-12/h2,4-5,8,13H,3,6-7H2,1H3. The Labute approximate surface area is 99.4 Å². The van der Waals surface area contributed by atoms with Gasteiger partial charge in [0.15, 0.2) is 5.82 Å². The third-order valence-electron chi connectivity index (χ3n) is 2.92. The van der Waals surface area contributed by atoms with Gasteiger partial charge in [0.1, 0.15) is 11.4 Å². The van der Waals surface area contributed by atoms with E-state index in [9.17, 15) is 0 Å². The molecule has 17 heavy (non-hydrogen) atoms. The molecule has 1 aromatic carbocycles. The van der Waals surface area contributed by atoms with Crippen molar-refractivity contribution in [3.05, 3.63) is 30.0 Å². The van der Waals surface area contributed by atoms with E-state index < -0.39 is 0 Å². The van der Waals surface area contributed by atoms with E-state index in [-0.39, 0.29) is 0 Å². The molecule has 1 aromatic heterocycles. The predicted octanol–water partition coefficient (Wildman–Crippen LogP) is 1.63. The minimum absolute atomic E-state index is 0.822. The van der Waals surface area contributed by atoms with Gasteiger partial charge in [-0.3, -0.25) is 0 Å². The first kappa shape index (κ1) is 10.1. The number of anilines is 1. The second-order valence-electron chi connectivity index (χ2n) is 4.03. The summed E-state index contributed by atoms with van der Waals surface area (Å²) in [6.07, 6.45) is 2.11. The van der Waals surface area contributed by atoms with Crippen LogP contribution in [0.3, 0.4) is 0 Å². The van der Waals surface area contributed by atoms with Crippen molar-refractivity contribution in [2.24, 2.45) is 0 Å². The van der Waals surface area contributed by atoms with E-state index in [1.807, 2.05) is 28.9 Å². The number of nitrogens with zero attached hydrogens (tertiary/aromatic N) is 3. The lowest BCUT2D eigenvalue weighted by atomic mass is 10.2. The van der Waals surface area contributed by atoms with E-state index in [0.717, 1.165) is 42.3 Å². The summed E-state index contributed by atoms with van der Waals surface area (Å²) in [6.45, 7) is 0.977. The van der Waals surface area contributed by atoms with Gasteiger partial charge in [-0.05, 0) is 25.0 Å².